The standard InChI is InChI=1S/C18H29NO/c1-14-4-3-5-16(12-14)10-11-19-15(2)13-17-6-8-18(20)9-7-17/h6-9,14-16,19-20H,3-5,10-13H2,1-2H3. The van der Waals surface area contributed by atoms with Crippen molar-refractivity contribution in [3.63, 3.8) is 0 Å². The predicted octanol–water partition coefficient (Wildman–Crippen LogP) is 4.13. The zero-order chi connectivity index (χ0) is 14.4. The Labute approximate surface area is 123 Å². The molecule has 0 radical (unpaired) electrons. The third-order valence-electron chi connectivity index (χ3n) is 4.57. The monoisotopic (exact) mass is 275 g/mol. The summed E-state index contributed by atoms with van der Waals surface area (Å²) in [6, 6.07) is 8.06. The molecule has 0 heterocycles. The summed E-state index contributed by atoms with van der Waals surface area (Å²) in [7, 11) is 0. The molecule has 1 aromatic rings. The van der Waals surface area contributed by atoms with Crippen LogP contribution in [-0.4, -0.2) is 17.7 Å². The van der Waals surface area contributed by atoms with Crippen molar-refractivity contribution >= 4 is 0 Å². The van der Waals surface area contributed by atoms with Crippen LogP contribution in [0, 0.1) is 11.8 Å². The molecule has 1 aromatic carbocycles. The maximum atomic E-state index is 9.28. The van der Waals surface area contributed by atoms with Crippen molar-refractivity contribution in [1.82, 2.24) is 5.32 Å². The quantitative estimate of drug-likeness (QED) is 0.818. The van der Waals surface area contributed by atoms with Crippen molar-refractivity contribution in [3.8, 4) is 5.75 Å². The van der Waals surface area contributed by atoms with E-state index in [2.05, 4.69) is 19.2 Å². The topological polar surface area (TPSA) is 32.3 Å². The summed E-state index contributed by atoms with van der Waals surface area (Å²) < 4.78 is 0. The number of nitrogens with one attached hydrogen (secondary N) is 1. The molecule has 1 fully saturated rings. The normalized spacial score (nSPS) is 24.5. The van der Waals surface area contributed by atoms with Crippen LogP contribution in [0.4, 0.5) is 0 Å². The van der Waals surface area contributed by atoms with Crippen LogP contribution in [0.3, 0.4) is 0 Å². The highest BCUT2D eigenvalue weighted by atomic mass is 16.3. The molecule has 1 aliphatic rings. The lowest BCUT2D eigenvalue weighted by atomic mass is 9.81. The van der Waals surface area contributed by atoms with Gasteiger partial charge in [0.1, 0.15) is 5.75 Å². The molecule has 1 saturated carbocycles. The Morgan fingerprint density at radius 2 is 2.00 bits per heavy atom. The van der Waals surface area contributed by atoms with Crippen molar-refractivity contribution in [2.75, 3.05) is 6.54 Å². The highest BCUT2D eigenvalue weighted by Gasteiger charge is 2.18. The first kappa shape index (κ1) is 15.4. The van der Waals surface area contributed by atoms with Crippen molar-refractivity contribution in [2.24, 2.45) is 11.8 Å². The van der Waals surface area contributed by atoms with Gasteiger partial charge in [-0.1, -0.05) is 38.3 Å². The van der Waals surface area contributed by atoms with Crippen LogP contribution in [0.25, 0.3) is 0 Å². The molecular weight excluding hydrogens is 246 g/mol. The van der Waals surface area contributed by atoms with Crippen LogP contribution >= 0.6 is 0 Å². The fourth-order valence-electron chi connectivity index (χ4n) is 3.41. The summed E-state index contributed by atoms with van der Waals surface area (Å²) in [5, 5.41) is 12.9. The number of phenols is 1. The maximum absolute atomic E-state index is 9.28. The van der Waals surface area contributed by atoms with E-state index in [1.807, 2.05) is 12.1 Å². The van der Waals surface area contributed by atoms with Crippen LogP contribution in [-0.2, 0) is 6.42 Å². The molecule has 2 N–H and O–H groups in total. The van der Waals surface area contributed by atoms with Gasteiger partial charge in [-0.25, -0.2) is 0 Å². The molecule has 0 amide bonds. The van der Waals surface area contributed by atoms with Gasteiger partial charge in [-0.15, -0.1) is 0 Å². The molecule has 112 valence electrons. The van der Waals surface area contributed by atoms with E-state index >= 15 is 0 Å². The van der Waals surface area contributed by atoms with Crippen LogP contribution in [0.15, 0.2) is 24.3 Å². The molecule has 3 atom stereocenters. The van der Waals surface area contributed by atoms with Crippen LogP contribution in [0.1, 0.15) is 51.5 Å². The lowest BCUT2D eigenvalue weighted by molar-refractivity contribution is 0.265. The minimum atomic E-state index is 0.348. The van der Waals surface area contributed by atoms with E-state index in [0.29, 0.717) is 11.8 Å². The van der Waals surface area contributed by atoms with Gasteiger partial charge in [0.25, 0.3) is 0 Å². The second-order valence-electron chi connectivity index (χ2n) is 6.65. The fraction of sp³-hybridized carbons (Fsp3) is 0.667. The van der Waals surface area contributed by atoms with Gasteiger partial charge in [0, 0.05) is 6.04 Å². The average Bonchev–Trinajstić information content (AvgIpc) is 2.41. The Kier molecular flexibility index (Phi) is 5.90. The van der Waals surface area contributed by atoms with Gasteiger partial charge < -0.3 is 10.4 Å². The maximum Gasteiger partial charge on any atom is 0.115 e. The van der Waals surface area contributed by atoms with Gasteiger partial charge >= 0.3 is 0 Å². The Hall–Kier alpha value is -1.02. The second-order valence-corrected chi connectivity index (χ2v) is 6.65. The first-order valence-electron chi connectivity index (χ1n) is 8.14. The second kappa shape index (κ2) is 7.68. The molecule has 0 saturated heterocycles. The fourth-order valence-corrected chi connectivity index (χ4v) is 3.41. The lowest BCUT2D eigenvalue weighted by Crippen LogP contribution is -2.30. The summed E-state index contributed by atoms with van der Waals surface area (Å²) in [6.45, 7) is 5.78. The molecule has 0 aromatic heterocycles. The number of hydrogen-bond donors (Lipinski definition) is 2. The molecule has 20 heavy (non-hydrogen) atoms. The van der Waals surface area contributed by atoms with Crippen molar-refractivity contribution in [2.45, 2.75) is 58.4 Å². The summed E-state index contributed by atoms with van der Waals surface area (Å²) in [4.78, 5) is 0. The lowest BCUT2D eigenvalue weighted by Gasteiger charge is -2.27. The van der Waals surface area contributed by atoms with E-state index in [4.69, 9.17) is 0 Å². The number of rotatable bonds is 6. The van der Waals surface area contributed by atoms with Gasteiger partial charge in [-0.2, -0.15) is 0 Å². The number of hydrogen-bond acceptors (Lipinski definition) is 2. The summed E-state index contributed by atoms with van der Waals surface area (Å²) in [5.41, 5.74) is 1.29. The van der Waals surface area contributed by atoms with Gasteiger partial charge in [-0.3, -0.25) is 0 Å². The Bertz CT molecular complexity index is 387. The van der Waals surface area contributed by atoms with Gasteiger partial charge in [0.15, 0.2) is 0 Å². The molecule has 0 bridgehead atoms. The smallest absolute Gasteiger partial charge is 0.115 e. The zero-order valence-electron chi connectivity index (χ0n) is 12.9. The molecule has 2 rings (SSSR count). The zero-order valence-corrected chi connectivity index (χ0v) is 12.9. The highest BCUT2D eigenvalue weighted by Crippen LogP contribution is 2.30. The first-order valence-corrected chi connectivity index (χ1v) is 8.14. The summed E-state index contributed by atoms with van der Waals surface area (Å²) in [5.74, 6) is 2.22. The summed E-state index contributed by atoms with van der Waals surface area (Å²) in [6.07, 6.45) is 8.06. The average molecular weight is 275 g/mol. The largest absolute Gasteiger partial charge is 0.508 e. The van der Waals surface area contributed by atoms with E-state index in [0.717, 1.165) is 24.8 Å². The molecule has 3 unspecified atom stereocenters. The van der Waals surface area contributed by atoms with Crippen LogP contribution in [0.5, 0.6) is 5.75 Å². The minimum absolute atomic E-state index is 0.348. The third-order valence-corrected chi connectivity index (χ3v) is 4.57. The van der Waals surface area contributed by atoms with Crippen molar-refractivity contribution in [1.29, 1.82) is 0 Å². The molecule has 1 aliphatic carbocycles. The number of phenolic OH excluding ortho intramolecular Hbond substituents is 1. The number of aromatic hydroxyl groups is 1. The number of benzene rings is 1. The first-order chi connectivity index (χ1) is 9.63. The molecule has 2 heteroatoms. The molecule has 0 aliphatic heterocycles. The van der Waals surface area contributed by atoms with Crippen LogP contribution < -0.4 is 5.32 Å². The Morgan fingerprint density at radius 1 is 1.25 bits per heavy atom. The predicted molar refractivity (Wildman–Crippen MR) is 85.0 cm³/mol. The molecular formula is C18H29NO. The highest BCUT2D eigenvalue weighted by molar-refractivity contribution is 5.26. The van der Waals surface area contributed by atoms with Gasteiger partial charge in [0.05, 0.1) is 0 Å². The molecule has 2 nitrogen and oxygen atoms in total. The van der Waals surface area contributed by atoms with E-state index in [-0.39, 0.29) is 0 Å². The SMILES string of the molecule is CC1CCCC(CCNC(C)Cc2ccc(O)cc2)C1. The minimum Gasteiger partial charge on any atom is -0.508 e. The molecule has 0 spiro atoms. The Balaban J connectivity index is 1.64. The summed E-state index contributed by atoms with van der Waals surface area (Å²) >= 11 is 0. The van der Waals surface area contributed by atoms with E-state index in [9.17, 15) is 5.11 Å². The van der Waals surface area contributed by atoms with Gasteiger partial charge in [0.2, 0.25) is 0 Å². The van der Waals surface area contributed by atoms with Crippen molar-refractivity contribution < 1.29 is 5.11 Å². The van der Waals surface area contributed by atoms with Crippen molar-refractivity contribution in [3.05, 3.63) is 29.8 Å². The van der Waals surface area contributed by atoms with Gasteiger partial charge in [-0.05, 0) is 62.3 Å². The van der Waals surface area contributed by atoms with Crippen LogP contribution in [0.2, 0.25) is 0 Å². The van der Waals surface area contributed by atoms with E-state index < -0.39 is 0 Å². The van der Waals surface area contributed by atoms with E-state index in [1.54, 1.807) is 12.1 Å². The van der Waals surface area contributed by atoms with E-state index in [1.165, 1.54) is 37.7 Å². The Morgan fingerprint density at radius 3 is 2.70 bits per heavy atom. The third kappa shape index (κ3) is 5.16.